The van der Waals surface area contributed by atoms with E-state index in [0.29, 0.717) is 31.3 Å². The van der Waals surface area contributed by atoms with E-state index in [-0.39, 0.29) is 49.8 Å². The molecule has 0 aromatic heterocycles. The molecule has 0 heterocycles. The largest absolute Gasteiger partial charge is 0.463 e. The molecule has 0 radical (unpaired) electrons. The lowest BCUT2D eigenvalue weighted by molar-refractivity contribution is -0.240. The molecule has 3 N–H and O–H groups in total. The summed E-state index contributed by atoms with van der Waals surface area (Å²) in [6, 6.07) is 0. The van der Waals surface area contributed by atoms with Gasteiger partial charge in [0.2, 0.25) is 0 Å². The standard InChI is InChI=1S/C30H41FO9/c1-27-14-24(36)30(31)28(2)12-10-19(33)13-18(28)9-11-29(30,3)23(27)8-7-21(27)22(35)17-40-26(38)6-4-5-25(37)39-16-20(34)15-32/h10,12-13,20-21,23-24,32,34,36H,4-9,11,14-17H2,1-3H3. The number of rotatable bonds is 10. The zero-order valence-electron chi connectivity index (χ0n) is 23.5. The van der Waals surface area contributed by atoms with E-state index in [0.717, 1.165) is 0 Å². The fourth-order valence-electron chi connectivity index (χ4n) is 8.40. The second kappa shape index (κ2) is 11.1. The molecule has 3 fully saturated rings. The molecule has 0 aromatic carbocycles. The first-order valence-electron chi connectivity index (χ1n) is 14.2. The molecule has 0 bridgehead atoms. The number of alkyl halides is 1. The number of aliphatic hydroxyl groups is 3. The van der Waals surface area contributed by atoms with Crippen molar-refractivity contribution in [2.24, 2.45) is 28.1 Å². The Balaban J connectivity index is 1.38. The second-order valence-corrected chi connectivity index (χ2v) is 12.6. The van der Waals surface area contributed by atoms with Crippen LogP contribution < -0.4 is 0 Å². The average molecular weight is 565 g/mol. The maximum atomic E-state index is 17.4. The number of halogens is 1. The van der Waals surface area contributed by atoms with E-state index >= 15 is 4.39 Å². The summed E-state index contributed by atoms with van der Waals surface area (Å²) >= 11 is 0. The highest BCUT2D eigenvalue weighted by Gasteiger charge is 2.75. The topological polar surface area (TPSA) is 147 Å². The van der Waals surface area contributed by atoms with Crippen LogP contribution in [0.15, 0.2) is 23.8 Å². The number of carbonyl (C=O) groups excluding carboxylic acids is 4. The summed E-state index contributed by atoms with van der Waals surface area (Å²) in [5.41, 5.74) is -4.02. The molecule has 8 atom stereocenters. The lowest BCUT2D eigenvalue weighted by atomic mass is 9.39. The quantitative estimate of drug-likeness (QED) is 0.341. The number of aliphatic hydroxyl groups excluding tert-OH is 3. The molecule has 9 nitrogen and oxygen atoms in total. The lowest BCUT2D eigenvalue weighted by Gasteiger charge is -2.67. The van der Waals surface area contributed by atoms with Crippen LogP contribution in [-0.4, -0.2) is 76.5 Å². The fraction of sp³-hybridized carbons (Fsp3) is 0.733. The third kappa shape index (κ3) is 4.86. The van der Waals surface area contributed by atoms with Crippen LogP contribution in [0, 0.1) is 28.1 Å². The number of allylic oxidation sites excluding steroid dienone is 4. The second-order valence-electron chi connectivity index (χ2n) is 12.6. The number of hydrogen-bond donors (Lipinski definition) is 3. The zero-order valence-corrected chi connectivity index (χ0v) is 23.5. The molecule has 4 aliphatic rings. The van der Waals surface area contributed by atoms with Gasteiger partial charge in [0.15, 0.2) is 17.2 Å². The van der Waals surface area contributed by atoms with Gasteiger partial charge in [-0.2, -0.15) is 0 Å². The predicted octanol–water partition coefficient (Wildman–Crippen LogP) is 2.54. The molecule has 0 spiro atoms. The number of carbonyl (C=O) groups is 4. The van der Waals surface area contributed by atoms with Crippen molar-refractivity contribution >= 4 is 23.5 Å². The van der Waals surface area contributed by atoms with Crippen molar-refractivity contribution in [1.82, 2.24) is 0 Å². The summed E-state index contributed by atoms with van der Waals surface area (Å²) in [5.74, 6) is -2.37. The highest BCUT2D eigenvalue weighted by molar-refractivity contribution is 6.01. The molecule has 10 heteroatoms. The van der Waals surface area contributed by atoms with Crippen molar-refractivity contribution in [3.8, 4) is 0 Å². The van der Waals surface area contributed by atoms with Gasteiger partial charge in [0, 0.05) is 29.6 Å². The molecule has 0 aliphatic heterocycles. The van der Waals surface area contributed by atoms with Crippen LogP contribution in [0.3, 0.4) is 0 Å². The predicted molar refractivity (Wildman–Crippen MR) is 140 cm³/mol. The summed E-state index contributed by atoms with van der Waals surface area (Å²) in [6.07, 6.45) is 4.17. The molecule has 8 unspecified atom stereocenters. The Labute approximate surface area is 233 Å². The molecule has 4 rings (SSSR count). The van der Waals surface area contributed by atoms with Crippen molar-refractivity contribution in [3.63, 3.8) is 0 Å². The Morgan fingerprint density at radius 3 is 2.48 bits per heavy atom. The van der Waals surface area contributed by atoms with E-state index in [1.165, 1.54) is 12.2 Å². The highest BCUT2D eigenvalue weighted by atomic mass is 19.1. The molecule has 0 saturated heterocycles. The first-order chi connectivity index (χ1) is 18.7. The smallest absolute Gasteiger partial charge is 0.306 e. The first-order valence-corrected chi connectivity index (χ1v) is 14.2. The van der Waals surface area contributed by atoms with E-state index in [1.54, 1.807) is 13.0 Å². The third-order valence-corrected chi connectivity index (χ3v) is 10.4. The Morgan fingerprint density at radius 2 is 1.80 bits per heavy atom. The molecule has 0 aromatic rings. The van der Waals surface area contributed by atoms with Crippen molar-refractivity contribution in [3.05, 3.63) is 23.8 Å². The van der Waals surface area contributed by atoms with Gasteiger partial charge in [-0.3, -0.25) is 19.2 Å². The van der Waals surface area contributed by atoms with Crippen molar-refractivity contribution in [2.45, 2.75) is 90.0 Å². The summed E-state index contributed by atoms with van der Waals surface area (Å²) in [7, 11) is 0. The van der Waals surface area contributed by atoms with E-state index in [2.05, 4.69) is 0 Å². The average Bonchev–Trinajstić information content (AvgIpc) is 3.26. The molecule has 0 amide bonds. The maximum absolute atomic E-state index is 17.4. The minimum atomic E-state index is -2.01. The Bertz CT molecular complexity index is 1120. The minimum Gasteiger partial charge on any atom is -0.463 e. The normalized spacial score (nSPS) is 38.9. The Morgan fingerprint density at radius 1 is 1.12 bits per heavy atom. The number of ether oxygens (including phenoxy) is 2. The summed E-state index contributed by atoms with van der Waals surface area (Å²) < 4.78 is 27.4. The summed E-state index contributed by atoms with van der Waals surface area (Å²) in [4.78, 5) is 49.2. The van der Waals surface area contributed by atoms with Crippen molar-refractivity contribution in [1.29, 1.82) is 0 Å². The van der Waals surface area contributed by atoms with Gasteiger partial charge in [-0.15, -0.1) is 0 Å². The van der Waals surface area contributed by atoms with E-state index in [9.17, 15) is 29.4 Å². The summed E-state index contributed by atoms with van der Waals surface area (Å²) in [6.45, 7) is 4.30. The van der Waals surface area contributed by atoms with Crippen LogP contribution in [0.1, 0.15) is 72.1 Å². The maximum Gasteiger partial charge on any atom is 0.306 e. The molecule has 3 saturated carbocycles. The van der Waals surface area contributed by atoms with Crippen LogP contribution in [-0.2, 0) is 28.7 Å². The van der Waals surface area contributed by atoms with Crippen LogP contribution >= 0.6 is 0 Å². The summed E-state index contributed by atoms with van der Waals surface area (Å²) in [5, 5.41) is 29.4. The molecule has 40 heavy (non-hydrogen) atoms. The van der Waals surface area contributed by atoms with Gasteiger partial charge in [0.05, 0.1) is 12.7 Å². The van der Waals surface area contributed by atoms with Crippen LogP contribution in [0.25, 0.3) is 0 Å². The Kier molecular flexibility index (Phi) is 8.47. The van der Waals surface area contributed by atoms with Gasteiger partial charge >= 0.3 is 11.9 Å². The van der Waals surface area contributed by atoms with Gasteiger partial charge in [0.1, 0.15) is 19.3 Å². The zero-order chi connectivity index (χ0) is 29.5. The Hall–Kier alpha value is -2.43. The lowest BCUT2D eigenvalue weighted by Crippen LogP contribution is -2.71. The van der Waals surface area contributed by atoms with E-state index < -0.39 is 65.2 Å². The van der Waals surface area contributed by atoms with Gasteiger partial charge in [0.25, 0.3) is 0 Å². The van der Waals surface area contributed by atoms with Crippen molar-refractivity contribution in [2.75, 3.05) is 19.8 Å². The highest BCUT2D eigenvalue weighted by Crippen LogP contribution is 2.73. The number of Topliss-reactive ketones (excluding diaryl/α,β-unsaturated/α-hetero) is 1. The molecular formula is C30H41FO9. The third-order valence-electron chi connectivity index (χ3n) is 10.4. The van der Waals surface area contributed by atoms with Gasteiger partial charge < -0.3 is 24.8 Å². The minimum absolute atomic E-state index is 0.0792. The fourth-order valence-corrected chi connectivity index (χ4v) is 8.40. The van der Waals surface area contributed by atoms with Gasteiger partial charge in [-0.05, 0) is 68.9 Å². The van der Waals surface area contributed by atoms with Crippen molar-refractivity contribution < 1.29 is 48.4 Å². The number of hydrogen-bond acceptors (Lipinski definition) is 9. The van der Waals surface area contributed by atoms with Crippen LogP contribution in [0.2, 0.25) is 0 Å². The van der Waals surface area contributed by atoms with Crippen LogP contribution in [0.4, 0.5) is 4.39 Å². The van der Waals surface area contributed by atoms with E-state index in [1.807, 2.05) is 13.8 Å². The monoisotopic (exact) mass is 564 g/mol. The SMILES string of the molecule is CC12CC(O)C3(F)C4(C)C=CC(=O)C=C4CCC3(C)C1CCC2C(=O)COC(=O)CCCC(=O)OCC(O)CO. The molecule has 4 aliphatic carbocycles. The number of esters is 2. The molecular weight excluding hydrogens is 523 g/mol. The van der Waals surface area contributed by atoms with Gasteiger partial charge in [-0.25, -0.2) is 4.39 Å². The number of fused-ring (bicyclic) bond motifs is 5. The van der Waals surface area contributed by atoms with Gasteiger partial charge in [-0.1, -0.05) is 25.5 Å². The number of ketones is 2. The van der Waals surface area contributed by atoms with Crippen LogP contribution in [0.5, 0.6) is 0 Å². The first kappa shape index (κ1) is 30.5. The van der Waals surface area contributed by atoms with E-state index in [4.69, 9.17) is 14.6 Å². The molecule has 222 valence electrons.